The van der Waals surface area contributed by atoms with Gasteiger partial charge in [0.05, 0.1) is 6.61 Å². The smallest absolute Gasteiger partial charge is 0.407 e. The normalized spacial score (nSPS) is 19.7. The summed E-state index contributed by atoms with van der Waals surface area (Å²) in [7, 11) is 1.45. The molecule has 2 aliphatic rings. The summed E-state index contributed by atoms with van der Waals surface area (Å²) in [6.07, 6.45) is 0.769. The second kappa shape index (κ2) is 10.5. The molecule has 0 aromatic heterocycles. The number of benzene rings is 2. The Morgan fingerprint density at radius 3 is 2.31 bits per heavy atom. The molecule has 0 spiro atoms. The van der Waals surface area contributed by atoms with Crippen molar-refractivity contribution in [3.05, 3.63) is 59.7 Å². The average Bonchev–Trinajstić information content (AvgIpc) is 3.43. The summed E-state index contributed by atoms with van der Waals surface area (Å²) in [6.45, 7) is 2.48. The topological polar surface area (TPSA) is 105 Å². The monoisotopic (exact) mass is 480 g/mol. The fourth-order valence-corrected chi connectivity index (χ4v) is 5.24. The van der Waals surface area contributed by atoms with Crippen LogP contribution in [0.3, 0.4) is 0 Å². The van der Waals surface area contributed by atoms with E-state index in [0.29, 0.717) is 25.8 Å². The third-order valence-corrected chi connectivity index (χ3v) is 7.05. The summed E-state index contributed by atoms with van der Waals surface area (Å²) < 4.78 is 10.7. The predicted molar refractivity (Wildman–Crippen MR) is 130 cm³/mol. The number of likely N-dealkylation sites (tertiary alicyclic amines) is 1. The number of fused-ring (bicyclic) bond motifs is 3. The van der Waals surface area contributed by atoms with E-state index in [1.54, 1.807) is 0 Å². The third kappa shape index (κ3) is 4.89. The number of methoxy groups -OCH3 is 1. The van der Waals surface area contributed by atoms with Crippen LogP contribution >= 0.6 is 0 Å². The lowest BCUT2D eigenvalue weighted by molar-refractivity contribution is -0.151. The summed E-state index contributed by atoms with van der Waals surface area (Å²) in [6, 6.07) is 15.4. The number of nitrogens with zero attached hydrogens (tertiary/aromatic N) is 1. The molecule has 0 radical (unpaired) electrons. The largest absolute Gasteiger partial charge is 0.481 e. The second-order valence-corrected chi connectivity index (χ2v) is 9.34. The van der Waals surface area contributed by atoms with Gasteiger partial charge < -0.3 is 24.8 Å². The summed E-state index contributed by atoms with van der Waals surface area (Å²) >= 11 is 0. The molecule has 2 N–H and O–H groups in total. The lowest BCUT2D eigenvalue weighted by Gasteiger charge is -2.27. The Kier molecular flexibility index (Phi) is 7.40. The molecule has 1 aliphatic heterocycles. The van der Waals surface area contributed by atoms with Crippen LogP contribution in [-0.2, 0) is 19.1 Å². The molecule has 1 aliphatic carbocycles. The molecule has 1 saturated heterocycles. The number of carboxylic acid groups (broad SMARTS) is 1. The quantitative estimate of drug-likeness (QED) is 0.568. The van der Waals surface area contributed by atoms with E-state index in [1.807, 2.05) is 43.3 Å². The van der Waals surface area contributed by atoms with Crippen molar-refractivity contribution < 1.29 is 29.0 Å². The fraction of sp³-hybridized carbons (Fsp3) is 0.444. The highest BCUT2D eigenvalue weighted by atomic mass is 16.5. The van der Waals surface area contributed by atoms with Crippen LogP contribution in [0.5, 0.6) is 0 Å². The summed E-state index contributed by atoms with van der Waals surface area (Å²) in [4.78, 5) is 39.3. The van der Waals surface area contributed by atoms with Crippen molar-refractivity contribution in [3.8, 4) is 11.1 Å². The molecule has 8 heteroatoms. The van der Waals surface area contributed by atoms with E-state index < -0.39 is 23.5 Å². The van der Waals surface area contributed by atoms with Gasteiger partial charge in [-0.15, -0.1) is 0 Å². The van der Waals surface area contributed by atoms with E-state index in [2.05, 4.69) is 17.4 Å². The highest BCUT2D eigenvalue weighted by Crippen LogP contribution is 2.44. The predicted octanol–water partition coefficient (Wildman–Crippen LogP) is 3.64. The van der Waals surface area contributed by atoms with Gasteiger partial charge in [0.15, 0.2) is 0 Å². The first kappa shape index (κ1) is 24.7. The van der Waals surface area contributed by atoms with Crippen molar-refractivity contribution in [2.75, 3.05) is 33.4 Å². The molecular weight excluding hydrogens is 448 g/mol. The van der Waals surface area contributed by atoms with E-state index in [0.717, 1.165) is 22.3 Å². The zero-order valence-corrected chi connectivity index (χ0v) is 20.2. The highest BCUT2D eigenvalue weighted by molar-refractivity contribution is 5.87. The molecule has 0 saturated carbocycles. The Balaban J connectivity index is 1.40. The van der Waals surface area contributed by atoms with Crippen LogP contribution in [0.2, 0.25) is 0 Å². The summed E-state index contributed by atoms with van der Waals surface area (Å²) in [5, 5.41) is 12.4. The van der Waals surface area contributed by atoms with Crippen LogP contribution in [0.15, 0.2) is 48.5 Å². The van der Waals surface area contributed by atoms with E-state index in [1.165, 1.54) is 12.0 Å². The Morgan fingerprint density at radius 2 is 1.74 bits per heavy atom. The number of hydrogen-bond donors (Lipinski definition) is 2. The molecule has 35 heavy (non-hydrogen) atoms. The Bertz CT molecular complexity index is 1060. The number of aliphatic carboxylic acids is 1. The van der Waals surface area contributed by atoms with Gasteiger partial charge in [-0.25, -0.2) is 4.79 Å². The van der Waals surface area contributed by atoms with Crippen molar-refractivity contribution in [2.45, 2.75) is 38.1 Å². The molecule has 1 fully saturated rings. The zero-order chi connectivity index (χ0) is 25.0. The van der Waals surface area contributed by atoms with Gasteiger partial charge in [0.2, 0.25) is 5.91 Å². The fourth-order valence-electron chi connectivity index (χ4n) is 5.24. The first-order valence-electron chi connectivity index (χ1n) is 12.0. The molecule has 0 bridgehead atoms. The van der Waals surface area contributed by atoms with Crippen LogP contribution in [0.25, 0.3) is 11.1 Å². The minimum Gasteiger partial charge on any atom is -0.481 e. The number of hydrogen-bond acceptors (Lipinski definition) is 5. The maximum atomic E-state index is 13.2. The molecule has 2 amide bonds. The van der Waals surface area contributed by atoms with Gasteiger partial charge in [0.1, 0.15) is 18.1 Å². The number of rotatable bonds is 9. The number of alkyl carbamates (subject to hydrolysis) is 1. The van der Waals surface area contributed by atoms with Crippen molar-refractivity contribution >= 4 is 18.0 Å². The SMILES string of the molecule is CCCC(NC(=O)OCC1c2ccccc2-c2ccccc21)C(=O)N1CCC(COC)(C(=O)O)C1. The minimum atomic E-state index is -1.12. The maximum Gasteiger partial charge on any atom is 0.407 e. The lowest BCUT2D eigenvalue weighted by Crippen LogP contribution is -2.49. The first-order chi connectivity index (χ1) is 16.9. The summed E-state index contributed by atoms with van der Waals surface area (Å²) in [5.41, 5.74) is 3.39. The molecule has 1 heterocycles. The molecule has 186 valence electrons. The lowest BCUT2D eigenvalue weighted by atomic mass is 9.88. The third-order valence-electron chi connectivity index (χ3n) is 7.05. The van der Waals surface area contributed by atoms with Gasteiger partial charge in [-0.3, -0.25) is 9.59 Å². The van der Waals surface area contributed by atoms with E-state index in [-0.39, 0.29) is 31.6 Å². The van der Waals surface area contributed by atoms with Crippen LogP contribution in [0, 0.1) is 5.41 Å². The van der Waals surface area contributed by atoms with Crippen molar-refractivity contribution in [1.29, 1.82) is 0 Å². The first-order valence-corrected chi connectivity index (χ1v) is 12.0. The Morgan fingerprint density at radius 1 is 1.11 bits per heavy atom. The maximum absolute atomic E-state index is 13.2. The van der Waals surface area contributed by atoms with E-state index >= 15 is 0 Å². The van der Waals surface area contributed by atoms with Gasteiger partial charge in [0, 0.05) is 26.1 Å². The van der Waals surface area contributed by atoms with Crippen LogP contribution in [-0.4, -0.2) is 67.4 Å². The van der Waals surface area contributed by atoms with E-state index in [4.69, 9.17) is 9.47 Å². The second-order valence-electron chi connectivity index (χ2n) is 9.34. The minimum absolute atomic E-state index is 0.0321. The van der Waals surface area contributed by atoms with Crippen LogP contribution in [0.4, 0.5) is 4.79 Å². The van der Waals surface area contributed by atoms with Crippen molar-refractivity contribution in [3.63, 3.8) is 0 Å². The number of ether oxygens (including phenoxy) is 2. The molecule has 8 nitrogen and oxygen atoms in total. The van der Waals surface area contributed by atoms with Crippen LogP contribution < -0.4 is 5.32 Å². The van der Waals surface area contributed by atoms with Crippen LogP contribution in [0.1, 0.15) is 43.2 Å². The Hall–Kier alpha value is -3.39. The molecular formula is C27H32N2O6. The number of carbonyl (C=O) groups is 3. The van der Waals surface area contributed by atoms with Gasteiger partial charge in [-0.2, -0.15) is 0 Å². The number of amides is 2. The van der Waals surface area contributed by atoms with Crippen molar-refractivity contribution in [1.82, 2.24) is 10.2 Å². The standard InChI is InChI=1S/C27H32N2O6/c1-3-8-23(24(30)29-14-13-27(16-29,17-34-2)25(31)32)28-26(33)35-15-22-20-11-6-4-9-18(20)19-10-5-7-12-21(19)22/h4-7,9-12,22-23H,3,8,13-17H2,1-2H3,(H,28,33)(H,31,32). The van der Waals surface area contributed by atoms with Crippen molar-refractivity contribution in [2.24, 2.45) is 5.41 Å². The number of nitrogens with one attached hydrogen (secondary N) is 1. The van der Waals surface area contributed by atoms with Gasteiger partial charge in [-0.05, 0) is 35.1 Å². The molecule has 2 atom stereocenters. The van der Waals surface area contributed by atoms with Gasteiger partial charge in [-0.1, -0.05) is 61.9 Å². The molecule has 2 unspecified atom stereocenters. The van der Waals surface area contributed by atoms with Gasteiger partial charge >= 0.3 is 12.1 Å². The average molecular weight is 481 g/mol. The summed E-state index contributed by atoms with van der Waals surface area (Å²) in [5.74, 6) is -1.34. The number of carboxylic acids is 1. The zero-order valence-electron chi connectivity index (χ0n) is 20.2. The molecule has 2 aromatic carbocycles. The molecule has 2 aromatic rings. The molecule has 4 rings (SSSR count). The van der Waals surface area contributed by atoms with E-state index in [9.17, 15) is 19.5 Å². The number of carbonyl (C=O) groups excluding carboxylic acids is 2. The van der Waals surface area contributed by atoms with Gasteiger partial charge in [0.25, 0.3) is 0 Å². The Labute approximate surface area is 205 Å². The highest BCUT2D eigenvalue weighted by Gasteiger charge is 2.47.